The summed E-state index contributed by atoms with van der Waals surface area (Å²) in [6, 6.07) is 4.86. The molecular weight excluding hydrogens is 432 g/mol. The van der Waals surface area contributed by atoms with Crippen LogP contribution in [0.5, 0.6) is 0 Å². The molecule has 0 saturated heterocycles. The normalized spacial score (nSPS) is 13.0. The SMILES string of the molecule is C/C(C#N)=C/c1cn(Cc2cc(C(F)(F)F)cc(C(F)(F)F)c2)c2nccc(Cl)c12. The molecule has 2 heterocycles. The zero-order valence-electron chi connectivity index (χ0n) is 15.2. The molecule has 0 N–H and O–H groups in total. The molecule has 3 nitrogen and oxygen atoms in total. The van der Waals surface area contributed by atoms with Gasteiger partial charge in [-0.05, 0) is 42.8 Å². The zero-order valence-corrected chi connectivity index (χ0v) is 16.0. The molecule has 0 atom stereocenters. The summed E-state index contributed by atoms with van der Waals surface area (Å²) in [4.78, 5) is 4.16. The lowest BCUT2D eigenvalue weighted by Crippen LogP contribution is -2.12. The molecule has 0 bridgehead atoms. The summed E-state index contributed by atoms with van der Waals surface area (Å²) in [6.45, 7) is 1.24. The first-order chi connectivity index (χ1) is 13.9. The molecule has 0 radical (unpaired) electrons. The largest absolute Gasteiger partial charge is 0.416 e. The van der Waals surface area contributed by atoms with Crippen LogP contribution in [0.4, 0.5) is 26.3 Å². The van der Waals surface area contributed by atoms with E-state index >= 15 is 0 Å². The summed E-state index contributed by atoms with van der Waals surface area (Å²) in [5.74, 6) is 0. The maximum atomic E-state index is 13.1. The molecule has 30 heavy (non-hydrogen) atoms. The molecule has 3 rings (SSSR count). The van der Waals surface area contributed by atoms with E-state index in [-0.39, 0.29) is 28.8 Å². The average Bonchev–Trinajstić information content (AvgIpc) is 2.98. The third-order valence-corrected chi connectivity index (χ3v) is 4.60. The van der Waals surface area contributed by atoms with E-state index in [9.17, 15) is 26.3 Å². The van der Waals surface area contributed by atoms with Gasteiger partial charge in [-0.25, -0.2) is 4.98 Å². The maximum absolute atomic E-state index is 13.1. The van der Waals surface area contributed by atoms with Crippen molar-refractivity contribution in [2.75, 3.05) is 0 Å². The lowest BCUT2D eigenvalue weighted by molar-refractivity contribution is -0.143. The van der Waals surface area contributed by atoms with E-state index in [2.05, 4.69) is 4.98 Å². The van der Waals surface area contributed by atoms with Crippen molar-refractivity contribution in [1.82, 2.24) is 9.55 Å². The van der Waals surface area contributed by atoms with Gasteiger partial charge in [-0.15, -0.1) is 0 Å². The molecule has 0 amide bonds. The molecule has 0 saturated carbocycles. The molecule has 0 unspecified atom stereocenters. The second kappa shape index (κ2) is 7.69. The van der Waals surface area contributed by atoms with Gasteiger partial charge in [0.05, 0.1) is 22.2 Å². The van der Waals surface area contributed by atoms with Gasteiger partial charge in [-0.2, -0.15) is 31.6 Å². The standard InChI is InChI=1S/C20H12ClF6N3/c1-11(8-28)4-13-10-30(18-17(13)16(21)2-3-29-18)9-12-5-14(19(22,23)24)7-15(6-12)20(25,26)27/h2-7,10H,9H2,1H3/b11-4-. The van der Waals surface area contributed by atoms with Crippen molar-refractivity contribution in [3.63, 3.8) is 0 Å². The van der Waals surface area contributed by atoms with Crippen LogP contribution < -0.4 is 0 Å². The summed E-state index contributed by atoms with van der Waals surface area (Å²) in [7, 11) is 0. The van der Waals surface area contributed by atoms with Crippen molar-refractivity contribution < 1.29 is 26.3 Å². The number of fused-ring (bicyclic) bond motifs is 1. The molecule has 2 aromatic heterocycles. The molecule has 3 aromatic rings. The van der Waals surface area contributed by atoms with Crippen molar-refractivity contribution in [2.45, 2.75) is 25.8 Å². The summed E-state index contributed by atoms with van der Waals surface area (Å²) in [5, 5.41) is 9.74. The quantitative estimate of drug-likeness (QED) is 0.334. The van der Waals surface area contributed by atoms with Crippen molar-refractivity contribution >= 4 is 28.7 Å². The number of rotatable bonds is 3. The first kappa shape index (κ1) is 21.7. The highest BCUT2D eigenvalue weighted by Gasteiger charge is 2.36. The number of alkyl halides is 6. The van der Waals surface area contributed by atoms with Gasteiger partial charge in [0.1, 0.15) is 5.65 Å². The Morgan fingerprint density at radius 2 is 1.73 bits per heavy atom. The van der Waals surface area contributed by atoms with Crippen LogP contribution in [0.1, 0.15) is 29.2 Å². The van der Waals surface area contributed by atoms with Crippen molar-refractivity contribution in [1.29, 1.82) is 5.26 Å². The van der Waals surface area contributed by atoms with Gasteiger partial charge in [-0.3, -0.25) is 0 Å². The predicted octanol–water partition coefficient (Wildman–Crippen LogP) is 6.70. The Labute approximate surface area is 171 Å². The first-order valence-corrected chi connectivity index (χ1v) is 8.78. The first-order valence-electron chi connectivity index (χ1n) is 8.40. The maximum Gasteiger partial charge on any atom is 0.416 e. The minimum atomic E-state index is -4.94. The van der Waals surface area contributed by atoms with Crippen LogP contribution >= 0.6 is 11.6 Å². The van der Waals surface area contributed by atoms with Gasteiger partial charge >= 0.3 is 12.4 Å². The van der Waals surface area contributed by atoms with E-state index in [1.165, 1.54) is 29.1 Å². The topological polar surface area (TPSA) is 41.6 Å². The number of hydrogen-bond acceptors (Lipinski definition) is 2. The number of benzene rings is 1. The molecule has 0 spiro atoms. The highest BCUT2D eigenvalue weighted by atomic mass is 35.5. The van der Waals surface area contributed by atoms with Crippen LogP contribution in [-0.4, -0.2) is 9.55 Å². The summed E-state index contributed by atoms with van der Waals surface area (Å²) in [5.41, 5.74) is -1.91. The van der Waals surface area contributed by atoms with Gasteiger partial charge in [0.15, 0.2) is 0 Å². The Kier molecular flexibility index (Phi) is 5.56. The molecule has 1 aromatic carbocycles. The summed E-state index contributed by atoms with van der Waals surface area (Å²) in [6.07, 6.45) is -5.50. The zero-order chi connectivity index (χ0) is 22.3. The lowest BCUT2D eigenvalue weighted by Gasteiger charge is -2.15. The Morgan fingerprint density at radius 3 is 2.27 bits per heavy atom. The Bertz CT molecular complexity index is 1150. The second-order valence-corrected chi connectivity index (χ2v) is 6.96. The van der Waals surface area contributed by atoms with E-state index in [0.29, 0.717) is 28.7 Å². The lowest BCUT2D eigenvalue weighted by atomic mass is 10.0. The predicted molar refractivity (Wildman–Crippen MR) is 99.6 cm³/mol. The molecule has 0 fully saturated rings. The highest BCUT2D eigenvalue weighted by Crippen LogP contribution is 2.37. The van der Waals surface area contributed by atoms with E-state index in [4.69, 9.17) is 16.9 Å². The van der Waals surface area contributed by atoms with Crippen LogP contribution in [0.3, 0.4) is 0 Å². The third-order valence-electron chi connectivity index (χ3n) is 4.28. The molecule has 0 aliphatic carbocycles. The van der Waals surface area contributed by atoms with Gasteiger partial charge in [0, 0.05) is 35.5 Å². The summed E-state index contributed by atoms with van der Waals surface area (Å²) < 4.78 is 80.1. The van der Waals surface area contributed by atoms with Crippen molar-refractivity contribution in [2.24, 2.45) is 0 Å². The van der Waals surface area contributed by atoms with E-state index < -0.39 is 23.5 Å². The monoisotopic (exact) mass is 443 g/mol. The van der Waals surface area contributed by atoms with Gasteiger partial charge < -0.3 is 4.57 Å². The molecule has 0 aliphatic heterocycles. The molecular formula is C20H12ClF6N3. The minimum Gasteiger partial charge on any atom is -0.327 e. The Morgan fingerprint density at radius 1 is 1.13 bits per heavy atom. The summed E-state index contributed by atoms with van der Waals surface area (Å²) >= 11 is 6.21. The number of allylic oxidation sites excluding steroid dienone is 1. The smallest absolute Gasteiger partial charge is 0.327 e. The van der Waals surface area contributed by atoms with Crippen molar-refractivity contribution in [3.8, 4) is 6.07 Å². The third kappa shape index (κ3) is 4.44. The minimum absolute atomic E-state index is 0.0802. The van der Waals surface area contributed by atoms with E-state index in [0.717, 1.165) is 0 Å². The molecule has 10 heteroatoms. The number of hydrogen-bond donors (Lipinski definition) is 0. The number of halogens is 7. The van der Waals surface area contributed by atoms with Crippen LogP contribution in [-0.2, 0) is 18.9 Å². The molecule has 0 aliphatic rings. The fraction of sp³-hybridized carbons (Fsp3) is 0.200. The van der Waals surface area contributed by atoms with Crippen molar-refractivity contribution in [3.05, 3.63) is 69.5 Å². The highest BCUT2D eigenvalue weighted by molar-refractivity contribution is 6.35. The Hall–Kier alpha value is -2.99. The molecule has 156 valence electrons. The Balaban J connectivity index is 2.18. The van der Waals surface area contributed by atoms with Crippen LogP contribution in [0.15, 0.2) is 42.2 Å². The average molecular weight is 444 g/mol. The van der Waals surface area contributed by atoms with Crippen LogP contribution in [0.25, 0.3) is 17.1 Å². The number of nitrogens with zero attached hydrogens (tertiary/aromatic N) is 3. The van der Waals surface area contributed by atoms with Crippen LogP contribution in [0.2, 0.25) is 5.02 Å². The van der Waals surface area contributed by atoms with Crippen LogP contribution in [0, 0.1) is 11.3 Å². The van der Waals surface area contributed by atoms with E-state index in [1.54, 1.807) is 6.92 Å². The van der Waals surface area contributed by atoms with Gasteiger partial charge in [-0.1, -0.05) is 11.6 Å². The number of nitriles is 1. The van der Waals surface area contributed by atoms with Gasteiger partial charge in [0.2, 0.25) is 0 Å². The second-order valence-electron chi connectivity index (χ2n) is 6.56. The number of pyridine rings is 1. The van der Waals surface area contributed by atoms with E-state index in [1.807, 2.05) is 6.07 Å². The van der Waals surface area contributed by atoms with Gasteiger partial charge in [0.25, 0.3) is 0 Å². The fourth-order valence-electron chi connectivity index (χ4n) is 3.01. The number of aromatic nitrogens is 2. The fourth-order valence-corrected chi connectivity index (χ4v) is 3.26.